The predicted molar refractivity (Wildman–Crippen MR) is 74.8 cm³/mol. The van der Waals surface area contributed by atoms with E-state index in [2.05, 4.69) is 5.32 Å². The van der Waals surface area contributed by atoms with Crippen molar-refractivity contribution in [3.8, 4) is 0 Å². The SMILES string of the molecule is Cc1oc(C)c(C(=O)NC2CCCc3occc32)c1C. The maximum atomic E-state index is 12.5. The Morgan fingerprint density at radius 3 is 2.80 bits per heavy atom. The quantitative estimate of drug-likeness (QED) is 0.909. The molecule has 1 atom stereocenters. The van der Waals surface area contributed by atoms with Crippen LogP contribution in [0.4, 0.5) is 0 Å². The van der Waals surface area contributed by atoms with Crippen LogP contribution in [0.25, 0.3) is 0 Å². The molecule has 0 aromatic carbocycles. The summed E-state index contributed by atoms with van der Waals surface area (Å²) < 4.78 is 11.0. The molecule has 1 unspecified atom stereocenters. The van der Waals surface area contributed by atoms with Crippen molar-refractivity contribution in [2.75, 3.05) is 0 Å². The summed E-state index contributed by atoms with van der Waals surface area (Å²) in [6.07, 6.45) is 4.65. The molecule has 0 bridgehead atoms. The lowest BCUT2D eigenvalue weighted by molar-refractivity contribution is 0.0930. The number of fused-ring (bicyclic) bond motifs is 1. The highest BCUT2D eigenvalue weighted by atomic mass is 16.3. The van der Waals surface area contributed by atoms with Crippen LogP contribution in [0.15, 0.2) is 21.2 Å². The molecule has 0 aliphatic heterocycles. The molecule has 4 nitrogen and oxygen atoms in total. The van der Waals surface area contributed by atoms with Gasteiger partial charge in [-0.05, 0) is 39.7 Å². The summed E-state index contributed by atoms with van der Waals surface area (Å²) in [5.74, 6) is 2.43. The molecule has 4 heteroatoms. The van der Waals surface area contributed by atoms with Crippen LogP contribution in [0.5, 0.6) is 0 Å². The maximum Gasteiger partial charge on any atom is 0.255 e. The number of rotatable bonds is 2. The van der Waals surface area contributed by atoms with Gasteiger partial charge >= 0.3 is 0 Å². The third-order valence-electron chi connectivity index (χ3n) is 4.15. The van der Waals surface area contributed by atoms with Crippen molar-refractivity contribution in [3.05, 3.63) is 46.3 Å². The lowest BCUT2D eigenvalue weighted by atomic mass is 9.93. The van der Waals surface area contributed by atoms with Gasteiger partial charge in [-0.2, -0.15) is 0 Å². The summed E-state index contributed by atoms with van der Waals surface area (Å²) in [5.41, 5.74) is 2.70. The first-order chi connectivity index (χ1) is 9.58. The number of furan rings is 2. The second-order valence-corrected chi connectivity index (χ2v) is 5.43. The minimum absolute atomic E-state index is 0.0407. The monoisotopic (exact) mass is 273 g/mol. The normalized spacial score (nSPS) is 17.9. The number of amides is 1. The Morgan fingerprint density at radius 1 is 1.30 bits per heavy atom. The summed E-state index contributed by atoms with van der Waals surface area (Å²) in [6.45, 7) is 5.64. The van der Waals surface area contributed by atoms with Crippen LogP contribution < -0.4 is 5.32 Å². The summed E-state index contributed by atoms with van der Waals surface area (Å²) in [7, 11) is 0. The molecule has 0 saturated carbocycles. The highest BCUT2D eigenvalue weighted by molar-refractivity contribution is 5.97. The van der Waals surface area contributed by atoms with Gasteiger partial charge in [-0.1, -0.05) is 0 Å². The van der Waals surface area contributed by atoms with E-state index in [-0.39, 0.29) is 11.9 Å². The zero-order chi connectivity index (χ0) is 14.3. The molecule has 1 N–H and O–H groups in total. The summed E-state index contributed by atoms with van der Waals surface area (Å²) in [5, 5.41) is 3.11. The lowest BCUT2D eigenvalue weighted by Gasteiger charge is -2.22. The van der Waals surface area contributed by atoms with Crippen LogP contribution in [-0.4, -0.2) is 5.91 Å². The van der Waals surface area contributed by atoms with Crippen LogP contribution >= 0.6 is 0 Å². The smallest absolute Gasteiger partial charge is 0.255 e. The first-order valence-electron chi connectivity index (χ1n) is 7.01. The zero-order valence-corrected chi connectivity index (χ0v) is 12.1. The van der Waals surface area contributed by atoms with Crippen molar-refractivity contribution in [2.45, 2.75) is 46.1 Å². The van der Waals surface area contributed by atoms with Crippen LogP contribution in [0.3, 0.4) is 0 Å². The third-order valence-corrected chi connectivity index (χ3v) is 4.15. The van der Waals surface area contributed by atoms with Gasteiger partial charge in [0.2, 0.25) is 0 Å². The molecule has 0 saturated heterocycles. The number of nitrogens with one attached hydrogen (secondary N) is 1. The van der Waals surface area contributed by atoms with Crippen LogP contribution in [0.1, 0.15) is 57.6 Å². The summed E-state index contributed by atoms with van der Waals surface area (Å²) >= 11 is 0. The number of carbonyl (C=O) groups excluding carboxylic acids is 1. The average molecular weight is 273 g/mol. The molecule has 20 heavy (non-hydrogen) atoms. The number of hydrogen-bond acceptors (Lipinski definition) is 3. The molecule has 1 amide bonds. The van der Waals surface area contributed by atoms with Gasteiger partial charge in [-0.15, -0.1) is 0 Å². The van der Waals surface area contributed by atoms with Gasteiger partial charge in [-0.3, -0.25) is 4.79 Å². The Hall–Kier alpha value is -1.97. The molecule has 1 aliphatic carbocycles. The van der Waals surface area contributed by atoms with Crippen molar-refractivity contribution < 1.29 is 13.6 Å². The molecule has 0 fully saturated rings. The predicted octanol–water partition coefficient (Wildman–Crippen LogP) is 3.61. The highest BCUT2D eigenvalue weighted by Crippen LogP contribution is 2.31. The molecule has 2 aromatic rings. The molecule has 0 spiro atoms. The summed E-state index contributed by atoms with van der Waals surface area (Å²) in [6, 6.07) is 2.00. The van der Waals surface area contributed by atoms with Crippen LogP contribution in [-0.2, 0) is 6.42 Å². The van der Waals surface area contributed by atoms with E-state index in [0.29, 0.717) is 11.3 Å². The van der Waals surface area contributed by atoms with Crippen molar-refractivity contribution in [3.63, 3.8) is 0 Å². The molecule has 3 rings (SSSR count). The van der Waals surface area contributed by atoms with Gasteiger partial charge in [0.15, 0.2) is 0 Å². The van der Waals surface area contributed by atoms with E-state index in [1.165, 1.54) is 0 Å². The minimum Gasteiger partial charge on any atom is -0.469 e. The van der Waals surface area contributed by atoms with E-state index in [9.17, 15) is 4.79 Å². The Bertz CT molecular complexity index is 651. The van der Waals surface area contributed by atoms with E-state index in [4.69, 9.17) is 8.83 Å². The first kappa shape index (κ1) is 13.0. The zero-order valence-electron chi connectivity index (χ0n) is 12.1. The van der Waals surface area contributed by atoms with Crippen molar-refractivity contribution in [1.82, 2.24) is 5.32 Å². The fraction of sp³-hybridized carbons (Fsp3) is 0.438. The Morgan fingerprint density at radius 2 is 2.10 bits per heavy atom. The second-order valence-electron chi connectivity index (χ2n) is 5.43. The Balaban J connectivity index is 1.84. The van der Waals surface area contributed by atoms with Crippen molar-refractivity contribution in [1.29, 1.82) is 0 Å². The highest BCUT2D eigenvalue weighted by Gasteiger charge is 2.26. The maximum absolute atomic E-state index is 12.5. The van der Waals surface area contributed by atoms with Crippen LogP contribution in [0, 0.1) is 20.8 Å². The van der Waals surface area contributed by atoms with Crippen LogP contribution in [0.2, 0.25) is 0 Å². The second kappa shape index (κ2) is 4.85. The molecular formula is C16H19NO3. The third kappa shape index (κ3) is 2.05. The minimum atomic E-state index is -0.0594. The topological polar surface area (TPSA) is 55.4 Å². The van der Waals surface area contributed by atoms with Gasteiger partial charge in [-0.25, -0.2) is 0 Å². The van der Waals surface area contributed by atoms with Crippen molar-refractivity contribution >= 4 is 5.91 Å². The Labute approximate surface area is 118 Å². The molecule has 2 aromatic heterocycles. The number of carbonyl (C=O) groups is 1. The number of aryl methyl sites for hydroxylation is 3. The van der Waals surface area contributed by atoms with E-state index in [1.54, 1.807) is 6.26 Å². The number of hydrogen-bond donors (Lipinski definition) is 1. The molecule has 1 aliphatic rings. The van der Waals surface area contributed by atoms with Crippen molar-refractivity contribution in [2.24, 2.45) is 0 Å². The lowest BCUT2D eigenvalue weighted by Crippen LogP contribution is -2.31. The first-order valence-corrected chi connectivity index (χ1v) is 7.01. The Kier molecular flexibility index (Phi) is 3.16. The fourth-order valence-corrected chi connectivity index (χ4v) is 2.99. The standard InChI is InChI=1S/C16H19NO3/c1-9-10(2)20-11(3)15(9)16(18)17-13-5-4-6-14-12(13)7-8-19-14/h7-8,13H,4-6H2,1-3H3,(H,17,18). The fourth-order valence-electron chi connectivity index (χ4n) is 2.99. The molecular weight excluding hydrogens is 254 g/mol. The van der Waals surface area contributed by atoms with E-state index in [1.807, 2.05) is 26.8 Å². The molecule has 106 valence electrons. The van der Waals surface area contributed by atoms with Gasteiger partial charge in [0, 0.05) is 17.5 Å². The van der Waals surface area contributed by atoms with E-state index < -0.39 is 0 Å². The molecule has 0 radical (unpaired) electrons. The average Bonchev–Trinajstić information content (AvgIpc) is 2.96. The van der Waals surface area contributed by atoms with E-state index in [0.717, 1.165) is 41.9 Å². The van der Waals surface area contributed by atoms with Gasteiger partial charge in [0.25, 0.3) is 5.91 Å². The van der Waals surface area contributed by atoms with Gasteiger partial charge in [0.05, 0.1) is 17.9 Å². The van der Waals surface area contributed by atoms with Gasteiger partial charge in [0.1, 0.15) is 17.3 Å². The van der Waals surface area contributed by atoms with Gasteiger partial charge < -0.3 is 14.2 Å². The summed E-state index contributed by atoms with van der Waals surface area (Å²) in [4.78, 5) is 12.5. The largest absolute Gasteiger partial charge is 0.469 e. The molecule has 2 heterocycles. The van der Waals surface area contributed by atoms with E-state index >= 15 is 0 Å².